The van der Waals surface area contributed by atoms with Gasteiger partial charge in [0.1, 0.15) is 0 Å². The van der Waals surface area contributed by atoms with Crippen LogP contribution in [0, 0.1) is 0 Å². The van der Waals surface area contributed by atoms with Crippen molar-refractivity contribution in [3.05, 3.63) is 0 Å². The molecule has 2 heteroatoms. The summed E-state index contributed by atoms with van der Waals surface area (Å²) in [6.45, 7) is 6.71. The van der Waals surface area contributed by atoms with E-state index in [0.29, 0.717) is 6.10 Å². The van der Waals surface area contributed by atoms with Crippen LogP contribution in [0.3, 0.4) is 0 Å². The lowest BCUT2D eigenvalue weighted by atomic mass is 10.0. The molecule has 1 unspecified atom stereocenters. The Labute approximate surface area is 228 Å². The molecular formula is C33H66OS. The largest absolute Gasteiger partial charge is 0.484 e. The van der Waals surface area contributed by atoms with Gasteiger partial charge in [0.15, 0.2) is 5.05 Å². The smallest absolute Gasteiger partial charge is 0.159 e. The first-order chi connectivity index (χ1) is 17.2. The lowest BCUT2D eigenvalue weighted by Crippen LogP contribution is -2.16. The number of hydrogen-bond acceptors (Lipinski definition) is 2. The first kappa shape index (κ1) is 34.9. The fourth-order valence-electron chi connectivity index (χ4n) is 5.13. The van der Waals surface area contributed by atoms with Crippen LogP contribution in [0.1, 0.15) is 201 Å². The number of hydrogen-bond donors (Lipinski definition) is 0. The fourth-order valence-corrected chi connectivity index (χ4v) is 5.27. The summed E-state index contributed by atoms with van der Waals surface area (Å²) in [6.07, 6.45) is 39.1. The predicted molar refractivity (Wildman–Crippen MR) is 164 cm³/mol. The van der Waals surface area contributed by atoms with Gasteiger partial charge in [-0.1, -0.05) is 168 Å². The average Bonchev–Trinajstić information content (AvgIpc) is 2.87. The van der Waals surface area contributed by atoms with E-state index in [1.165, 1.54) is 173 Å². The zero-order chi connectivity index (χ0) is 25.7. The second-order valence-electron chi connectivity index (χ2n) is 11.2. The van der Waals surface area contributed by atoms with Crippen molar-refractivity contribution in [2.45, 2.75) is 207 Å². The summed E-state index contributed by atoms with van der Waals surface area (Å²) in [5, 5.41) is 0.822. The Morgan fingerprint density at radius 2 is 0.686 bits per heavy atom. The Balaban J connectivity index is 3.59. The van der Waals surface area contributed by atoms with Crippen molar-refractivity contribution in [3.63, 3.8) is 0 Å². The Morgan fingerprint density at radius 1 is 0.429 bits per heavy atom. The molecule has 0 radical (unpaired) electrons. The number of rotatable bonds is 29. The molecule has 0 aliphatic rings. The molecule has 210 valence electrons. The normalized spacial score (nSPS) is 12.2. The highest BCUT2D eigenvalue weighted by atomic mass is 32.1. The summed E-state index contributed by atoms with van der Waals surface area (Å²) in [7, 11) is 0. The van der Waals surface area contributed by atoms with E-state index in [2.05, 4.69) is 20.8 Å². The van der Waals surface area contributed by atoms with E-state index in [4.69, 9.17) is 17.0 Å². The van der Waals surface area contributed by atoms with E-state index in [1.54, 1.807) is 0 Å². The van der Waals surface area contributed by atoms with Gasteiger partial charge in [0.25, 0.3) is 0 Å². The van der Waals surface area contributed by atoms with Gasteiger partial charge in [-0.3, -0.25) is 0 Å². The monoisotopic (exact) mass is 510 g/mol. The quantitative estimate of drug-likeness (QED) is 0.0730. The van der Waals surface area contributed by atoms with E-state index in [0.717, 1.165) is 11.5 Å². The Bertz CT molecular complexity index is 408. The molecule has 0 aromatic carbocycles. The summed E-state index contributed by atoms with van der Waals surface area (Å²) >= 11 is 5.40. The number of ether oxygens (including phenoxy) is 1. The molecule has 0 aromatic heterocycles. The highest BCUT2D eigenvalue weighted by molar-refractivity contribution is 7.80. The molecule has 0 aliphatic carbocycles. The molecule has 35 heavy (non-hydrogen) atoms. The minimum atomic E-state index is 0.374. The maximum Gasteiger partial charge on any atom is 0.159 e. The first-order valence-corrected chi connectivity index (χ1v) is 16.8. The molecule has 0 saturated heterocycles. The molecule has 0 heterocycles. The fraction of sp³-hybridized carbons (Fsp3) is 0.970. The van der Waals surface area contributed by atoms with E-state index >= 15 is 0 Å². The molecule has 0 spiro atoms. The first-order valence-electron chi connectivity index (χ1n) is 16.4. The summed E-state index contributed by atoms with van der Waals surface area (Å²) in [5.74, 6) is 0. The van der Waals surface area contributed by atoms with Gasteiger partial charge in [0, 0.05) is 6.42 Å². The molecule has 0 N–H and O–H groups in total. The minimum absolute atomic E-state index is 0.374. The van der Waals surface area contributed by atoms with Crippen molar-refractivity contribution in [1.29, 1.82) is 0 Å². The second kappa shape index (κ2) is 30.1. The number of thiocarbonyl (C=S) groups is 1. The van der Waals surface area contributed by atoms with Crippen LogP contribution < -0.4 is 0 Å². The highest BCUT2D eigenvalue weighted by Gasteiger charge is 2.11. The topological polar surface area (TPSA) is 9.23 Å². The molecule has 1 nitrogen and oxygen atoms in total. The molecule has 0 aliphatic heterocycles. The lowest BCUT2D eigenvalue weighted by molar-refractivity contribution is 0.161. The van der Waals surface area contributed by atoms with Gasteiger partial charge in [-0.05, 0) is 37.9 Å². The average molecular weight is 511 g/mol. The molecule has 0 bridgehead atoms. The van der Waals surface area contributed by atoms with Gasteiger partial charge in [0.2, 0.25) is 0 Å². The van der Waals surface area contributed by atoms with E-state index < -0.39 is 0 Å². The minimum Gasteiger partial charge on any atom is -0.484 e. The van der Waals surface area contributed by atoms with Gasteiger partial charge in [0.05, 0.1) is 6.10 Å². The van der Waals surface area contributed by atoms with Crippen molar-refractivity contribution in [1.82, 2.24) is 0 Å². The molecule has 0 aromatic rings. The van der Waals surface area contributed by atoms with Crippen LogP contribution in [0.2, 0.25) is 0 Å². The summed E-state index contributed by atoms with van der Waals surface area (Å²) in [5.41, 5.74) is 0. The van der Waals surface area contributed by atoms with Crippen LogP contribution in [-0.2, 0) is 4.74 Å². The predicted octanol–water partition coefficient (Wildman–Crippen LogP) is 12.7. The Kier molecular flexibility index (Phi) is 30.0. The van der Waals surface area contributed by atoms with Crippen molar-refractivity contribution < 1.29 is 4.74 Å². The Morgan fingerprint density at radius 3 is 0.943 bits per heavy atom. The van der Waals surface area contributed by atoms with Crippen LogP contribution in [0.15, 0.2) is 0 Å². The summed E-state index contributed by atoms with van der Waals surface area (Å²) < 4.78 is 6.13. The van der Waals surface area contributed by atoms with Crippen LogP contribution in [-0.4, -0.2) is 11.2 Å². The van der Waals surface area contributed by atoms with Crippen molar-refractivity contribution in [3.8, 4) is 0 Å². The van der Waals surface area contributed by atoms with Crippen LogP contribution in [0.4, 0.5) is 0 Å². The van der Waals surface area contributed by atoms with Crippen LogP contribution >= 0.6 is 12.2 Å². The van der Waals surface area contributed by atoms with Crippen LogP contribution in [0.25, 0.3) is 0 Å². The lowest BCUT2D eigenvalue weighted by Gasteiger charge is -2.19. The third-order valence-electron chi connectivity index (χ3n) is 7.60. The van der Waals surface area contributed by atoms with E-state index in [1.807, 2.05) is 0 Å². The zero-order valence-corrected chi connectivity index (χ0v) is 25.5. The zero-order valence-electron chi connectivity index (χ0n) is 24.7. The van der Waals surface area contributed by atoms with Gasteiger partial charge >= 0.3 is 0 Å². The third kappa shape index (κ3) is 28.3. The molecule has 0 fully saturated rings. The number of unbranched alkanes of at least 4 members (excludes halogenated alkanes) is 23. The van der Waals surface area contributed by atoms with Crippen LogP contribution in [0.5, 0.6) is 0 Å². The molecule has 0 saturated carbocycles. The van der Waals surface area contributed by atoms with E-state index in [9.17, 15) is 0 Å². The standard InChI is InChI=1S/C33H66OS/c1-4-7-9-11-13-15-17-18-19-20-21-23-25-27-29-31-32(34-33(35)6-3)30-28-26-24-22-16-14-12-10-8-5-2/h32H,4-31H2,1-3H3. The molecule has 1 atom stereocenters. The summed E-state index contributed by atoms with van der Waals surface area (Å²) in [6, 6.07) is 0. The molecule has 0 rings (SSSR count). The Hall–Kier alpha value is -0.110. The SMILES string of the molecule is CCCCCCCCCCCCCCCCCC(CCCCCCCCCCCC)OC(=S)CC. The van der Waals surface area contributed by atoms with Gasteiger partial charge in [-0.2, -0.15) is 0 Å². The molecular weight excluding hydrogens is 444 g/mol. The summed E-state index contributed by atoms with van der Waals surface area (Å²) in [4.78, 5) is 0. The van der Waals surface area contributed by atoms with Gasteiger partial charge in [-0.15, -0.1) is 0 Å². The highest BCUT2D eigenvalue weighted by Crippen LogP contribution is 2.19. The van der Waals surface area contributed by atoms with Crippen molar-refractivity contribution >= 4 is 17.3 Å². The second-order valence-corrected chi connectivity index (χ2v) is 11.6. The maximum absolute atomic E-state index is 6.13. The van der Waals surface area contributed by atoms with Crippen molar-refractivity contribution in [2.75, 3.05) is 0 Å². The third-order valence-corrected chi connectivity index (χ3v) is 7.98. The van der Waals surface area contributed by atoms with Crippen molar-refractivity contribution in [2.24, 2.45) is 0 Å². The molecule has 0 amide bonds. The van der Waals surface area contributed by atoms with Gasteiger partial charge < -0.3 is 4.74 Å². The maximum atomic E-state index is 6.13. The van der Waals surface area contributed by atoms with E-state index in [-0.39, 0.29) is 0 Å². The van der Waals surface area contributed by atoms with Gasteiger partial charge in [-0.25, -0.2) is 0 Å².